The number of nitrogens with one attached hydrogen (secondary N) is 1. The van der Waals surface area contributed by atoms with Crippen LogP contribution in [0.3, 0.4) is 0 Å². The number of piperidine rings is 1. The quantitative estimate of drug-likeness (QED) is 0.752. The first kappa shape index (κ1) is 20.3. The molecule has 0 saturated carbocycles. The SMILES string of the molecule is CS(=O)(=O)N1CCC(Nc2ncc3cccc(N4CCCS(=O)(=O)C4)c3n2)CC1. The number of nitrogens with zero attached hydrogens (tertiary/aromatic N) is 4. The molecule has 4 rings (SSSR count). The highest BCUT2D eigenvalue weighted by atomic mass is 32.2. The van der Waals surface area contributed by atoms with Crippen molar-refractivity contribution in [3.63, 3.8) is 0 Å². The Morgan fingerprint density at radius 3 is 2.62 bits per heavy atom. The fourth-order valence-corrected chi connectivity index (χ4v) is 6.23. The van der Waals surface area contributed by atoms with E-state index in [-0.39, 0.29) is 17.7 Å². The van der Waals surface area contributed by atoms with E-state index in [9.17, 15) is 16.8 Å². The van der Waals surface area contributed by atoms with Gasteiger partial charge >= 0.3 is 0 Å². The molecular weight excluding hydrogens is 414 g/mol. The number of sulfone groups is 1. The van der Waals surface area contributed by atoms with Gasteiger partial charge in [-0.25, -0.2) is 31.1 Å². The number of hydrogen-bond donors (Lipinski definition) is 1. The third-order valence-electron chi connectivity index (χ3n) is 5.42. The van der Waals surface area contributed by atoms with Crippen LogP contribution in [0.4, 0.5) is 11.6 Å². The molecule has 2 aliphatic heterocycles. The minimum absolute atomic E-state index is 0.00281. The molecule has 1 aromatic heterocycles. The van der Waals surface area contributed by atoms with Crippen LogP contribution in [0.25, 0.3) is 10.9 Å². The molecule has 0 aliphatic carbocycles. The maximum Gasteiger partial charge on any atom is 0.223 e. The van der Waals surface area contributed by atoms with Crippen molar-refractivity contribution >= 4 is 42.4 Å². The van der Waals surface area contributed by atoms with Crippen LogP contribution in [0.5, 0.6) is 0 Å². The van der Waals surface area contributed by atoms with Crippen LogP contribution in [0.2, 0.25) is 0 Å². The highest BCUT2D eigenvalue weighted by Crippen LogP contribution is 2.28. The number of para-hydroxylation sites is 1. The molecule has 3 heterocycles. The molecule has 2 aromatic rings. The lowest BCUT2D eigenvalue weighted by molar-refractivity contribution is 0.331. The second kappa shape index (κ2) is 7.69. The van der Waals surface area contributed by atoms with E-state index >= 15 is 0 Å². The van der Waals surface area contributed by atoms with Gasteiger partial charge in [-0.15, -0.1) is 0 Å². The number of fused-ring (bicyclic) bond motifs is 1. The van der Waals surface area contributed by atoms with Crippen molar-refractivity contribution in [2.45, 2.75) is 25.3 Å². The minimum atomic E-state index is -3.16. The first-order chi connectivity index (χ1) is 13.7. The summed E-state index contributed by atoms with van der Waals surface area (Å²) in [5.74, 6) is 0.702. The third-order valence-corrected chi connectivity index (χ3v) is 8.34. The van der Waals surface area contributed by atoms with Crippen LogP contribution < -0.4 is 10.2 Å². The van der Waals surface area contributed by atoms with E-state index in [2.05, 4.69) is 15.3 Å². The van der Waals surface area contributed by atoms with Crippen LogP contribution in [-0.4, -0.2) is 74.7 Å². The normalized spacial score (nSPS) is 21.3. The maximum atomic E-state index is 12.1. The van der Waals surface area contributed by atoms with E-state index in [1.54, 1.807) is 6.20 Å². The molecule has 11 heteroatoms. The zero-order valence-corrected chi connectivity index (χ0v) is 17.9. The standard InChI is InChI=1S/C18H25N5O4S2/c1-28(24,25)23-9-6-15(7-10-23)20-18-19-12-14-4-2-5-16(17(14)21-18)22-8-3-11-29(26,27)13-22/h2,4-5,12,15H,3,6-11,13H2,1H3,(H,19,20,21). The molecule has 0 bridgehead atoms. The van der Waals surface area contributed by atoms with Crippen LogP contribution in [0.1, 0.15) is 19.3 Å². The molecule has 0 amide bonds. The van der Waals surface area contributed by atoms with Crippen molar-refractivity contribution in [3.8, 4) is 0 Å². The minimum Gasteiger partial charge on any atom is -0.356 e. The Hall–Kier alpha value is -1.98. The molecule has 0 spiro atoms. The molecule has 1 aromatic carbocycles. The smallest absolute Gasteiger partial charge is 0.223 e. The summed E-state index contributed by atoms with van der Waals surface area (Å²) < 4.78 is 48.9. The molecule has 158 valence electrons. The Morgan fingerprint density at radius 1 is 1.17 bits per heavy atom. The van der Waals surface area contributed by atoms with Crippen LogP contribution in [0.15, 0.2) is 24.4 Å². The van der Waals surface area contributed by atoms with Gasteiger partial charge in [0, 0.05) is 37.3 Å². The van der Waals surface area contributed by atoms with Crippen LogP contribution in [-0.2, 0) is 19.9 Å². The second-order valence-electron chi connectivity index (χ2n) is 7.68. The van der Waals surface area contributed by atoms with Gasteiger partial charge in [-0.2, -0.15) is 0 Å². The summed E-state index contributed by atoms with van der Waals surface area (Å²) in [5.41, 5.74) is 1.51. The van der Waals surface area contributed by atoms with E-state index in [0.717, 1.165) is 16.6 Å². The van der Waals surface area contributed by atoms with Crippen molar-refractivity contribution < 1.29 is 16.8 Å². The van der Waals surface area contributed by atoms with Crippen molar-refractivity contribution in [1.82, 2.24) is 14.3 Å². The summed E-state index contributed by atoms with van der Waals surface area (Å²) in [7, 11) is -6.24. The molecule has 0 radical (unpaired) electrons. The van der Waals surface area contributed by atoms with Gasteiger partial charge < -0.3 is 10.2 Å². The maximum absolute atomic E-state index is 12.1. The largest absolute Gasteiger partial charge is 0.356 e. The third kappa shape index (κ3) is 4.62. The average molecular weight is 440 g/mol. The summed E-state index contributed by atoms with van der Waals surface area (Å²) in [5, 5.41) is 4.16. The second-order valence-corrected chi connectivity index (χ2v) is 11.8. The van der Waals surface area contributed by atoms with Crippen molar-refractivity contribution in [2.75, 3.05) is 47.7 Å². The van der Waals surface area contributed by atoms with Gasteiger partial charge in [0.15, 0.2) is 9.84 Å². The van der Waals surface area contributed by atoms with E-state index in [4.69, 9.17) is 0 Å². The van der Waals surface area contributed by atoms with Crippen LogP contribution in [0, 0.1) is 0 Å². The first-order valence-corrected chi connectivity index (χ1v) is 13.3. The van der Waals surface area contributed by atoms with E-state index in [1.165, 1.54) is 10.6 Å². The molecule has 2 saturated heterocycles. The van der Waals surface area contributed by atoms with E-state index in [0.29, 0.717) is 44.8 Å². The zero-order chi connectivity index (χ0) is 20.6. The summed E-state index contributed by atoms with van der Waals surface area (Å²) in [6, 6.07) is 5.78. The monoisotopic (exact) mass is 439 g/mol. The summed E-state index contributed by atoms with van der Waals surface area (Å²) in [4.78, 5) is 10.9. The molecule has 9 nitrogen and oxygen atoms in total. The van der Waals surface area contributed by atoms with Crippen molar-refractivity contribution in [2.24, 2.45) is 0 Å². The van der Waals surface area contributed by atoms with Crippen LogP contribution >= 0.6 is 0 Å². The summed E-state index contributed by atoms with van der Waals surface area (Å²) >= 11 is 0. The number of sulfonamides is 1. The number of benzene rings is 1. The van der Waals surface area contributed by atoms with Crippen molar-refractivity contribution in [1.29, 1.82) is 0 Å². The topological polar surface area (TPSA) is 113 Å². The number of rotatable bonds is 4. The fraction of sp³-hybridized carbons (Fsp3) is 0.556. The highest BCUT2D eigenvalue weighted by molar-refractivity contribution is 7.91. The van der Waals surface area contributed by atoms with Crippen molar-refractivity contribution in [3.05, 3.63) is 24.4 Å². The van der Waals surface area contributed by atoms with Gasteiger partial charge in [0.25, 0.3) is 0 Å². The van der Waals surface area contributed by atoms with Gasteiger partial charge in [0.05, 0.1) is 23.2 Å². The predicted molar refractivity (Wildman–Crippen MR) is 113 cm³/mol. The Bertz CT molecular complexity index is 1110. The summed E-state index contributed by atoms with van der Waals surface area (Å²) in [6.07, 6.45) is 4.93. The average Bonchev–Trinajstić information content (AvgIpc) is 2.66. The molecule has 1 N–H and O–H groups in total. The van der Waals surface area contributed by atoms with Gasteiger partial charge in [-0.05, 0) is 25.3 Å². The number of anilines is 2. The fourth-order valence-electron chi connectivity index (χ4n) is 3.91. The number of hydrogen-bond acceptors (Lipinski definition) is 8. The molecule has 2 fully saturated rings. The number of aromatic nitrogens is 2. The van der Waals surface area contributed by atoms with Gasteiger partial charge in [-0.3, -0.25) is 0 Å². The molecule has 0 unspecified atom stereocenters. The first-order valence-electron chi connectivity index (χ1n) is 9.64. The highest BCUT2D eigenvalue weighted by Gasteiger charge is 2.26. The zero-order valence-electron chi connectivity index (χ0n) is 16.3. The molecule has 2 aliphatic rings. The lowest BCUT2D eigenvalue weighted by Crippen LogP contribution is -2.42. The summed E-state index contributed by atoms with van der Waals surface area (Å²) in [6.45, 7) is 1.62. The van der Waals surface area contributed by atoms with Gasteiger partial charge in [-0.1, -0.05) is 12.1 Å². The lowest BCUT2D eigenvalue weighted by atomic mass is 10.1. The van der Waals surface area contributed by atoms with E-state index < -0.39 is 19.9 Å². The lowest BCUT2D eigenvalue weighted by Gasteiger charge is -2.31. The van der Waals surface area contributed by atoms with Gasteiger partial charge in [0.1, 0.15) is 5.88 Å². The Morgan fingerprint density at radius 2 is 1.93 bits per heavy atom. The van der Waals surface area contributed by atoms with E-state index in [1.807, 2.05) is 23.1 Å². The molecule has 0 atom stereocenters. The Labute approximate surface area is 171 Å². The Kier molecular flexibility index (Phi) is 5.38. The molecule has 29 heavy (non-hydrogen) atoms. The Balaban J connectivity index is 1.55. The molecular formula is C18H25N5O4S2. The van der Waals surface area contributed by atoms with Gasteiger partial charge in [0.2, 0.25) is 16.0 Å². The predicted octanol–water partition coefficient (Wildman–Crippen LogP) is 1.05.